The van der Waals surface area contributed by atoms with Gasteiger partial charge < -0.3 is 19.1 Å². The fourth-order valence-electron chi connectivity index (χ4n) is 2.56. The predicted molar refractivity (Wildman–Crippen MR) is 90.3 cm³/mol. The third-order valence-corrected chi connectivity index (χ3v) is 3.88. The molecule has 128 valence electrons. The average Bonchev–Trinajstić information content (AvgIpc) is 3.09. The molecule has 1 heterocycles. The molecule has 0 radical (unpaired) electrons. The van der Waals surface area contributed by atoms with Gasteiger partial charge in [0.25, 0.3) is 5.91 Å². The van der Waals surface area contributed by atoms with Gasteiger partial charge in [-0.2, -0.15) is 5.26 Å². The lowest BCUT2D eigenvalue weighted by molar-refractivity contribution is -0.137. The lowest BCUT2D eigenvalue weighted by Crippen LogP contribution is -2.37. The fraction of sp³-hybridized carbons (Fsp3) is 0.263. The Hall–Kier alpha value is -3.20. The van der Waals surface area contributed by atoms with Crippen LogP contribution in [-0.2, 0) is 11.3 Å². The van der Waals surface area contributed by atoms with Crippen LogP contribution in [0.3, 0.4) is 0 Å². The van der Waals surface area contributed by atoms with E-state index in [4.69, 9.17) is 19.5 Å². The van der Waals surface area contributed by atoms with E-state index in [2.05, 4.69) is 0 Å². The molecule has 6 heteroatoms. The molecule has 0 aromatic heterocycles. The fourth-order valence-corrected chi connectivity index (χ4v) is 2.56. The molecule has 1 aliphatic heterocycles. The van der Waals surface area contributed by atoms with Gasteiger partial charge in [0.1, 0.15) is 5.75 Å². The van der Waals surface area contributed by atoms with E-state index in [0.717, 1.165) is 11.3 Å². The van der Waals surface area contributed by atoms with Gasteiger partial charge in [-0.05, 0) is 48.9 Å². The number of nitriles is 1. The Bertz CT molecular complexity index is 811. The zero-order valence-corrected chi connectivity index (χ0v) is 14.1. The summed E-state index contributed by atoms with van der Waals surface area (Å²) < 4.78 is 16.3. The maximum Gasteiger partial charge on any atom is 0.263 e. The quantitative estimate of drug-likeness (QED) is 0.838. The van der Waals surface area contributed by atoms with Gasteiger partial charge in [-0.1, -0.05) is 6.07 Å². The van der Waals surface area contributed by atoms with Crippen LogP contribution in [0.1, 0.15) is 18.1 Å². The van der Waals surface area contributed by atoms with Gasteiger partial charge in [0.2, 0.25) is 6.79 Å². The SMILES string of the molecule is C[C@@H](Oc1ccc(C#N)cc1)C(=O)N(C)Cc1ccc2c(c1)OCO2. The van der Waals surface area contributed by atoms with Crippen LogP contribution < -0.4 is 14.2 Å². The Balaban J connectivity index is 1.60. The molecule has 1 amide bonds. The van der Waals surface area contributed by atoms with Crippen LogP contribution in [0, 0.1) is 11.3 Å². The largest absolute Gasteiger partial charge is 0.481 e. The van der Waals surface area contributed by atoms with Gasteiger partial charge >= 0.3 is 0 Å². The first-order chi connectivity index (χ1) is 12.1. The van der Waals surface area contributed by atoms with Crippen molar-refractivity contribution >= 4 is 5.91 Å². The Morgan fingerprint density at radius 1 is 1.24 bits per heavy atom. The van der Waals surface area contributed by atoms with Gasteiger partial charge in [0.05, 0.1) is 11.6 Å². The van der Waals surface area contributed by atoms with Crippen molar-refractivity contribution in [1.82, 2.24) is 4.90 Å². The van der Waals surface area contributed by atoms with Crippen molar-refractivity contribution < 1.29 is 19.0 Å². The van der Waals surface area contributed by atoms with E-state index < -0.39 is 6.10 Å². The second-order valence-electron chi connectivity index (χ2n) is 5.78. The molecule has 25 heavy (non-hydrogen) atoms. The van der Waals surface area contributed by atoms with Crippen molar-refractivity contribution in [3.8, 4) is 23.3 Å². The number of fused-ring (bicyclic) bond motifs is 1. The van der Waals surface area contributed by atoms with E-state index >= 15 is 0 Å². The molecule has 1 aliphatic rings. The highest BCUT2D eigenvalue weighted by molar-refractivity contribution is 5.80. The zero-order chi connectivity index (χ0) is 17.8. The third kappa shape index (κ3) is 3.83. The zero-order valence-electron chi connectivity index (χ0n) is 14.1. The number of carbonyl (C=O) groups is 1. The average molecular weight is 338 g/mol. The molecule has 0 N–H and O–H groups in total. The number of likely N-dealkylation sites (N-methyl/N-ethyl adjacent to an activating group) is 1. The van der Waals surface area contributed by atoms with Crippen molar-refractivity contribution in [3.63, 3.8) is 0 Å². The predicted octanol–water partition coefficient (Wildman–Crippen LogP) is 2.71. The minimum atomic E-state index is -0.632. The summed E-state index contributed by atoms with van der Waals surface area (Å²) in [6.07, 6.45) is -0.632. The molecule has 2 aromatic rings. The van der Waals surface area contributed by atoms with Crippen LogP contribution in [0.2, 0.25) is 0 Å². The third-order valence-electron chi connectivity index (χ3n) is 3.88. The monoisotopic (exact) mass is 338 g/mol. The summed E-state index contributed by atoms with van der Waals surface area (Å²) >= 11 is 0. The van der Waals surface area contributed by atoms with Crippen molar-refractivity contribution in [3.05, 3.63) is 53.6 Å². The first-order valence-electron chi connectivity index (χ1n) is 7.87. The Labute approximate surface area is 146 Å². The smallest absolute Gasteiger partial charge is 0.263 e. The lowest BCUT2D eigenvalue weighted by atomic mass is 10.2. The number of nitrogens with zero attached hydrogens (tertiary/aromatic N) is 2. The summed E-state index contributed by atoms with van der Waals surface area (Å²) in [7, 11) is 1.73. The number of hydrogen-bond donors (Lipinski definition) is 0. The summed E-state index contributed by atoms with van der Waals surface area (Å²) in [5, 5.41) is 8.80. The van der Waals surface area contributed by atoms with Crippen molar-refractivity contribution in [2.75, 3.05) is 13.8 Å². The van der Waals surface area contributed by atoms with E-state index in [9.17, 15) is 4.79 Å². The Kier molecular flexibility index (Phi) is 4.75. The highest BCUT2D eigenvalue weighted by Gasteiger charge is 2.20. The highest BCUT2D eigenvalue weighted by atomic mass is 16.7. The van der Waals surface area contributed by atoms with E-state index in [1.165, 1.54) is 0 Å². The Morgan fingerprint density at radius 2 is 1.96 bits per heavy atom. The minimum absolute atomic E-state index is 0.137. The second-order valence-corrected chi connectivity index (χ2v) is 5.78. The van der Waals surface area contributed by atoms with Crippen molar-refractivity contribution in [2.24, 2.45) is 0 Å². The summed E-state index contributed by atoms with van der Waals surface area (Å²) in [5.41, 5.74) is 1.50. The summed E-state index contributed by atoms with van der Waals surface area (Å²) in [6.45, 7) is 2.37. The van der Waals surface area contributed by atoms with E-state index in [-0.39, 0.29) is 12.7 Å². The number of ether oxygens (including phenoxy) is 3. The molecule has 0 fully saturated rings. The van der Waals surface area contributed by atoms with Gasteiger partial charge in [-0.15, -0.1) is 0 Å². The molecule has 0 aliphatic carbocycles. The lowest BCUT2D eigenvalue weighted by Gasteiger charge is -2.22. The summed E-state index contributed by atoms with van der Waals surface area (Å²) in [6, 6.07) is 14.3. The van der Waals surface area contributed by atoms with Crippen LogP contribution in [-0.4, -0.2) is 30.8 Å². The maximum absolute atomic E-state index is 12.5. The van der Waals surface area contributed by atoms with Crippen molar-refractivity contribution in [1.29, 1.82) is 5.26 Å². The molecule has 3 rings (SSSR count). The normalized spacial score (nSPS) is 13.0. The van der Waals surface area contributed by atoms with Gasteiger partial charge in [0, 0.05) is 13.6 Å². The molecule has 0 unspecified atom stereocenters. The first-order valence-corrected chi connectivity index (χ1v) is 7.87. The number of carbonyl (C=O) groups excluding carboxylic acids is 1. The minimum Gasteiger partial charge on any atom is -0.481 e. The van der Waals surface area contributed by atoms with Crippen LogP contribution in [0.4, 0.5) is 0 Å². The molecule has 6 nitrogen and oxygen atoms in total. The van der Waals surface area contributed by atoms with Crippen LogP contribution >= 0.6 is 0 Å². The topological polar surface area (TPSA) is 71.8 Å². The molecular formula is C19H18N2O4. The second kappa shape index (κ2) is 7.14. The summed E-state index contributed by atoms with van der Waals surface area (Å²) in [5.74, 6) is 1.83. The van der Waals surface area contributed by atoms with E-state index in [1.54, 1.807) is 43.1 Å². The molecule has 0 bridgehead atoms. The van der Waals surface area contributed by atoms with E-state index in [1.807, 2.05) is 24.3 Å². The van der Waals surface area contributed by atoms with Crippen molar-refractivity contribution in [2.45, 2.75) is 19.6 Å². The first kappa shape index (κ1) is 16.7. The maximum atomic E-state index is 12.5. The van der Waals surface area contributed by atoms with Crippen LogP contribution in [0.25, 0.3) is 0 Å². The number of rotatable bonds is 5. The van der Waals surface area contributed by atoms with Crippen LogP contribution in [0.15, 0.2) is 42.5 Å². The van der Waals surface area contributed by atoms with Gasteiger partial charge in [-0.25, -0.2) is 0 Å². The molecular weight excluding hydrogens is 320 g/mol. The standard InChI is InChI=1S/C19H18N2O4/c1-13(25-16-6-3-14(10-20)4-7-16)19(22)21(2)11-15-5-8-17-18(9-15)24-12-23-17/h3-9,13H,11-12H2,1-2H3/t13-/m1/s1. The number of amides is 1. The number of benzene rings is 2. The molecule has 0 saturated carbocycles. The van der Waals surface area contributed by atoms with Gasteiger partial charge in [0.15, 0.2) is 17.6 Å². The summed E-state index contributed by atoms with van der Waals surface area (Å²) in [4.78, 5) is 14.1. The highest BCUT2D eigenvalue weighted by Crippen LogP contribution is 2.32. The molecule has 0 saturated heterocycles. The molecule has 1 atom stereocenters. The molecule has 0 spiro atoms. The molecule has 2 aromatic carbocycles. The van der Waals surface area contributed by atoms with E-state index in [0.29, 0.717) is 23.6 Å². The van der Waals surface area contributed by atoms with Crippen LogP contribution in [0.5, 0.6) is 17.2 Å². The Morgan fingerprint density at radius 3 is 2.68 bits per heavy atom. The number of hydrogen-bond acceptors (Lipinski definition) is 5. The van der Waals surface area contributed by atoms with Gasteiger partial charge in [-0.3, -0.25) is 4.79 Å².